The smallest absolute Gasteiger partial charge is 0.250 e. The van der Waals surface area contributed by atoms with Gasteiger partial charge in [0, 0.05) is 5.69 Å². The fourth-order valence-corrected chi connectivity index (χ4v) is 2.59. The lowest BCUT2D eigenvalue weighted by Crippen LogP contribution is -2.34. The molecule has 1 heterocycles. The first kappa shape index (κ1) is 16.0. The molecule has 0 saturated carbocycles. The molecule has 2 rings (SSSR count). The average Bonchev–Trinajstić information content (AvgIpc) is 2.46. The Balaban J connectivity index is 1.90. The maximum absolute atomic E-state index is 12.1. The van der Waals surface area contributed by atoms with Gasteiger partial charge in [0.05, 0.1) is 6.10 Å². The number of para-hydroxylation sites is 1. The summed E-state index contributed by atoms with van der Waals surface area (Å²) < 4.78 is 5.69. The number of piperidine rings is 1. The number of ether oxygens (including phenoxy) is 1. The number of carbonyl (C=O) groups excluding carboxylic acids is 1. The first-order chi connectivity index (χ1) is 9.97. The van der Waals surface area contributed by atoms with Crippen molar-refractivity contribution in [2.24, 2.45) is 0 Å². The molecule has 0 atom stereocenters. The molecule has 0 unspecified atom stereocenters. The molecule has 0 aliphatic carbocycles. The zero-order valence-electron chi connectivity index (χ0n) is 13.2. The van der Waals surface area contributed by atoms with Crippen molar-refractivity contribution in [3.8, 4) is 0 Å². The summed E-state index contributed by atoms with van der Waals surface area (Å²) in [6.45, 7) is 8.50. The largest absolute Gasteiger partial charge is 0.368 e. The van der Waals surface area contributed by atoms with Crippen LogP contribution in [-0.2, 0) is 14.9 Å². The molecular formula is C17H26N2O2. The Bertz CT molecular complexity index is 474. The van der Waals surface area contributed by atoms with E-state index in [1.54, 1.807) is 0 Å². The Morgan fingerprint density at radius 2 is 1.95 bits per heavy atom. The molecule has 0 bridgehead atoms. The number of rotatable bonds is 4. The molecule has 2 N–H and O–H groups in total. The van der Waals surface area contributed by atoms with Crippen LogP contribution in [0.1, 0.15) is 39.2 Å². The molecule has 1 aromatic rings. The van der Waals surface area contributed by atoms with Crippen molar-refractivity contribution in [2.75, 3.05) is 25.0 Å². The third-order valence-corrected chi connectivity index (χ3v) is 3.75. The second kappa shape index (κ2) is 7.05. The number of benzene rings is 1. The van der Waals surface area contributed by atoms with Crippen molar-refractivity contribution in [1.82, 2.24) is 5.32 Å². The first-order valence-electron chi connectivity index (χ1n) is 7.68. The van der Waals surface area contributed by atoms with Gasteiger partial charge in [0.25, 0.3) is 0 Å². The van der Waals surface area contributed by atoms with Gasteiger partial charge in [0.2, 0.25) is 5.91 Å². The molecular weight excluding hydrogens is 264 g/mol. The van der Waals surface area contributed by atoms with E-state index in [1.165, 1.54) is 0 Å². The van der Waals surface area contributed by atoms with Crippen molar-refractivity contribution in [2.45, 2.75) is 45.1 Å². The summed E-state index contributed by atoms with van der Waals surface area (Å²) >= 11 is 0. The van der Waals surface area contributed by atoms with E-state index in [1.807, 2.05) is 18.2 Å². The Morgan fingerprint density at radius 1 is 1.29 bits per heavy atom. The number of hydrogen-bond donors (Lipinski definition) is 2. The maximum Gasteiger partial charge on any atom is 0.250 e. The van der Waals surface area contributed by atoms with Gasteiger partial charge in [-0.2, -0.15) is 0 Å². The van der Waals surface area contributed by atoms with E-state index < -0.39 is 0 Å². The fraction of sp³-hybridized carbons (Fsp3) is 0.588. The lowest BCUT2D eigenvalue weighted by Gasteiger charge is -2.24. The summed E-state index contributed by atoms with van der Waals surface area (Å²) in [6.07, 6.45) is 2.16. The number of carbonyl (C=O) groups is 1. The second-order valence-corrected chi connectivity index (χ2v) is 6.60. The van der Waals surface area contributed by atoms with E-state index in [9.17, 15) is 4.79 Å². The van der Waals surface area contributed by atoms with E-state index in [0.717, 1.165) is 37.2 Å². The predicted octanol–water partition coefficient (Wildman–Crippen LogP) is 2.69. The number of nitrogens with one attached hydrogen (secondary N) is 2. The second-order valence-electron chi connectivity index (χ2n) is 6.60. The molecule has 4 nitrogen and oxygen atoms in total. The molecule has 0 spiro atoms. The van der Waals surface area contributed by atoms with Crippen molar-refractivity contribution < 1.29 is 9.53 Å². The highest BCUT2D eigenvalue weighted by atomic mass is 16.5. The van der Waals surface area contributed by atoms with E-state index in [0.29, 0.717) is 0 Å². The van der Waals surface area contributed by atoms with E-state index >= 15 is 0 Å². The van der Waals surface area contributed by atoms with Crippen LogP contribution in [0.25, 0.3) is 0 Å². The monoisotopic (exact) mass is 290 g/mol. The van der Waals surface area contributed by atoms with Gasteiger partial charge >= 0.3 is 0 Å². The summed E-state index contributed by atoms with van der Waals surface area (Å²) in [7, 11) is 0. The van der Waals surface area contributed by atoms with Crippen LogP contribution in [0.5, 0.6) is 0 Å². The first-order valence-corrected chi connectivity index (χ1v) is 7.68. The van der Waals surface area contributed by atoms with E-state index in [-0.39, 0.29) is 24.0 Å². The minimum Gasteiger partial charge on any atom is -0.368 e. The van der Waals surface area contributed by atoms with Crippen LogP contribution in [0, 0.1) is 0 Å². The van der Waals surface area contributed by atoms with Crippen molar-refractivity contribution in [3.05, 3.63) is 29.8 Å². The molecule has 4 heteroatoms. The number of hydrogen-bond acceptors (Lipinski definition) is 3. The van der Waals surface area contributed by atoms with Gasteiger partial charge in [0.15, 0.2) is 0 Å². The van der Waals surface area contributed by atoms with Crippen molar-refractivity contribution >= 4 is 11.6 Å². The Morgan fingerprint density at radius 3 is 2.62 bits per heavy atom. The van der Waals surface area contributed by atoms with Gasteiger partial charge in [-0.15, -0.1) is 0 Å². The van der Waals surface area contributed by atoms with Crippen molar-refractivity contribution in [1.29, 1.82) is 0 Å². The molecule has 1 aliphatic heterocycles. The van der Waals surface area contributed by atoms with Gasteiger partial charge in [-0.05, 0) is 43.0 Å². The Kier molecular flexibility index (Phi) is 5.37. The highest BCUT2D eigenvalue weighted by Gasteiger charge is 2.19. The normalized spacial score (nSPS) is 16.7. The van der Waals surface area contributed by atoms with Gasteiger partial charge in [-0.1, -0.05) is 39.0 Å². The lowest BCUT2D eigenvalue weighted by atomic mass is 9.86. The number of anilines is 1. The van der Waals surface area contributed by atoms with Gasteiger partial charge < -0.3 is 15.4 Å². The van der Waals surface area contributed by atoms with E-state index in [4.69, 9.17) is 4.74 Å². The standard InChI is InChI=1S/C17H26N2O2/c1-17(2,3)14-6-4-5-7-15(14)19-16(20)12-21-13-8-10-18-11-9-13/h4-7,13,18H,8-12H2,1-3H3,(H,19,20). The third-order valence-electron chi connectivity index (χ3n) is 3.75. The fourth-order valence-electron chi connectivity index (χ4n) is 2.59. The Labute approximate surface area is 127 Å². The molecule has 21 heavy (non-hydrogen) atoms. The quantitative estimate of drug-likeness (QED) is 0.896. The molecule has 116 valence electrons. The predicted molar refractivity (Wildman–Crippen MR) is 85.6 cm³/mol. The third kappa shape index (κ3) is 4.83. The van der Waals surface area contributed by atoms with Gasteiger partial charge in [0.1, 0.15) is 6.61 Å². The zero-order valence-corrected chi connectivity index (χ0v) is 13.2. The average molecular weight is 290 g/mol. The molecule has 0 radical (unpaired) electrons. The van der Waals surface area contributed by atoms with Crippen LogP contribution >= 0.6 is 0 Å². The van der Waals surface area contributed by atoms with Crippen LogP contribution in [0.3, 0.4) is 0 Å². The highest BCUT2D eigenvalue weighted by Crippen LogP contribution is 2.29. The number of amides is 1. The van der Waals surface area contributed by atoms with Crippen molar-refractivity contribution in [3.63, 3.8) is 0 Å². The van der Waals surface area contributed by atoms with Gasteiger partial charge in [-0.3, -0.25) is 4.79 Å². The SMILES string of the molecule is CC(C)(C)c1ccccc1NC(=O)COC1CCNCC1. The lowest BCUT2D eigenvalue weighted by molar-refractivity contribution is -0.123. The van der Waals surface area contributed by atoms with Gasteiger partial charge in [-0.25, -0.2) is 0 Å². The topological polar surface area (TPSA) is 50.4 Å². The summed E-state index contributed by atoms with van der Waals surface area (Å²) in [5, 5.41) is 6.26. The highest BCUT2D eigenvalue weighted by molar-refractivity contribution is 5.92. The van der Waals surface area contributed by atoms with Crippen LogP contribution in [0.2, 0.25) is 0 Å². The molecule has 1 fully saturated rings. The summed E-state index contributed by atoms with van der Waals surface area (Å²) in [5.41, 5.74) is 2.02. The van der Waals surface area contributed by atoms with Crippen LogP contribution in [-0.4, -0.2) is 31.7 Å². The molecule has 1 aliphatic rings. The molecule has 1 amide bonds. The Hall–Kier alpha value is -1.39. The minimum absolute atomic E-state index is 0.000228. The molecule has 0 aromatic heterocycles. The van der Waals surface area contributed by atoms with Crippen LogP contribution < -0.4 is 10.6 Å². The summed E-state index contributed by atoms with van der Waals surface area (Å²) in [6, 6.07) is 7.95. The van der Waals surface area contributed by atoms with Crippen LogP contribution in [0.15, 0.2) is 24.3 Å². The van der Waals surface area contributed by atoms with E-state index in [2.05, 4.69) is 37.5 Å². The maximum atomic E-state index is 12.1. The minimum atomic E-state index is -0.0785. The summed E-state index contributed by atoms with van der Waals surface area (Å²) in [5.74, 6) is -0.0785. The van der Waals surface area contributed by atoms with Crippen LogP contribution in [0.4, 0.5) is 5.69 Å². The molecule has 1 aromatic carbocycles. The molecule has 1 saturated heterocycles. The summed E-state index contributed by atoms with van der Waals surface area (Å²) in [4.78, 5) is 12.1. The zero-order chi connectivity index (χ0) is 15.3.